The second kappa shape index (κ2) is 7.87. The Hall–Kier alpha value is -2.08. The van der Waals surface area contributed by atoms with Gasteiger partial charge < -0.3 is 19.3 Å². The summed E-state index contributed by atoms with van der Waals surface area (Å²) in [6, 6.07) is 7.92. The lowest BCUT2D eigenvalue weighted by atomic mass is 10.1. The number of carbonyl (C=O) groups is 2. The van der Waals surface area contributed by atoms with E-state index in [0.29, 0.717) is 32.7 Å². The highest BCUT2D eigenvalue weighted by atomic mass is 16.5. The van der Waals surface area contributed by atoms with Gasteiger partial charge >= 0.3 is 0 Å². The lowest BCUT2D eigenvalue weighted by Crippen LogP contribution is -2.41. The minimum atomic E-state index is -0.244. The Bertz CT molecular complexity index is 628. The molecule has 25 heavy (non-hydrogen) atoms. The van der Waals surface area contributed by atoms with Gasteiger partial charge in [0.25, 0.3) is 0 Å². The summed E-state index contributed by atoms with van der Waals surface area (Å²) in [5, 5.41) is 0. The molecule has 1 atom stereocenters. The van der Waals surface area contributed by atoms with E-state index in [1.165, 1.54) is 0 Å². The molecule has 1 aromatic rings. The van der Waals surface area contributed by atoms with Crippen LogP contribution in [0.5, 0.6) is 5.75 Å². The van der Waals surface area contributed by atoms with E-state index < -0.39 is 0 Å². The van der Waals surface area contributed by atoms with E-state index in [1.54, 1.807) is 19.1 Å². The zero-order chi connectivity index (χ0) is 17.8. The summed E-state index contributed by atoms with van der Waals surface area (Å²) in [6.45, 7) is 2.44. The van der Waals surface area contributed by atoms with Crippen molar-refractivity contribution in [3.8, 4) is 5.75 Å². The fourth-order valence-corrected chi connectivity index (χ4v) is 3.68. The summed E-state index contributed by atoms with van der Waals surface area (Å²) in [4.78, 5) is 28.7. The third kappa shape index (κ3) is 4.12. The van der Waals surface area contributed by atoms with Gasteiger partial charge in [0.15, 0.2) is 0 Å². The quantitative estimate of drug-likeness (QED) is 0.814. The highest BCUT2D eigenvalue weighted by Crippen LogP contribution is 2.26. The number of nitrogens with zero attached hydrogens (tertiary/aromatic N) is 2. The molecule has 1 unspecified atom stereocenters. The Morgan fingerprint density at radius 2 is 2.12 bits per heavy atom. The molecule has 2 saturated heterocycles. The Morgan fingerprint density at radius 1 is 1.36 bits per heavy atom. The number of likely N-dealkylation sites (tertiary alicyclic amines) is 1. The zero-order valence-electron chi connectivity index (χ0n) is 14.9. The van der Waals surface area contributed by atoms with Crippen molar-refractivity contribution in [3.63, 3.8) is 0 Å². The maximum atomic E-state index is 12.8. The van der Waals surface area contributed by atoms with Crippen LogP contribution in [-0.4, -0.2) is 61.6 Å². The minimum Gasteiger partial charge on any atom is -0.497 e. The Balaban J connectivity index is 1.59. The highest BCUT2D eigenvalue weighted by molar-refractivity contribution is 5.89. The van der Waals surface area contributed by atoms with Gasteiger partial charge in [0.05, 0.1) is 13.0 Å². The second-order valence-electron chi connectivity index (χ2n) is 6.84. The normalized spacial score (nSPS) is 21.4. The molecule has 6 nitrogen and oxygen atoms in total. The molecule has 0 aliphatic carbocycles. The number of ether oxygens (including phenoxy) is 2. The van der Waals surface area contributed by atoms with Gasteiger partial charge in [-0.05, 0) is 30.5 Å². The van der Waals surface area contributed by atoms with Crippen molar-refractivity contribution in [1.29, 1.82) is 0 Å². The molecule has 0 spiro atoms. The average Bonchev–Trinajstić information content (AvgIpc) is 3.03. The molecule has 6 heteroatoms. The third-order valence-electron chi connectivity index (χ3n) is 5.07. The van der Waals surface area contributed by atoms with Gasteiger partial charge in [0.1, 0.15) is 5.75 Å². The molecule has 0 bridgehead atoms. The van der Waals surface area contributed by atoms with Crippen LogP contribution in [0.25, 0.3) is 0 Å². The monoisotopic (exact) mass is 346 g/mol. The molecule has 0 N–H and O–H groups in total. The summed E-state index contributed by atoms with van der Waals surface area (Å²) >= 11 is 0. The van der Waals surface area contributed by atoms with Crippen molar-refractivity contribution >= 4 is 11.8 Å². The zero-order valence-corrected chi connectivity index (χ0v) is 14.9. The number of methoxy groups -OCH3 is 1. The molecular formula is C19H26N2O4. The van der Waals surface area contributed by atoms with Crippen molar-refractivity contribution < 1.29 is 19.1 Å². The SMILES string of the molecule is COc1cccc(CN(C)C(=O)C2CC(=O)N(C3CCOCC3)C2)c1. The number of hydrogen-bond acceptors (Lipinski definition) is 4. The van der Waals surface area contributed by atoms with Crippen molar-refractivity contribution in [2.75, 3.05) is 33.9 Å². The largest absolute Gasteiger partial charge is 0.497 e. The number of benzene rings is 1. The van der Waals surface area contributed by atoms with E-state index in [0.717, 1.165) is 24.2 Å². The summed E-state index contributed by atoms with van der Waals surface area (Å²) in [5.41, 5.74) is 1.01. The number of rotatable bonds is 5. The van der Waals surface area contributed by atoms with Crippen molar-refractivity contribution in [2.24, 2.45) is 5.92 Å². The van der Waals surface area contributed by atoms with E-state index in [4.69, 9.17) is 9.47 Å². The summed E-state index contributed by atoms with van der Waals surface area (Å²) in [6.07, 6.45) is 2.05. The van der Waals surface area contributed by atoms with Gasteiger partial charge in [-0.15, -0.1) is 0 Å². The topological polar surface area (TPSA) is 59.1 Å². The lowest BCUT2D eigenvalue weighted by Gasteiger charge is -2.31. The van der Waals surface area contributed by atoms with Gasteiger partial charge in [0.2, 0.25) is 11.8 Å². The van der Waals surface area contributed by atoms with Gasteiger partial charge in [-0.2, -0.15) is 0 Å². The minimum absolute atomic E-state index is 0.0331. The molecule has 0 radical (unpaired) electrons. The van der Waals surface area contributed by atoms with Crippen molar-refractivity contribution in [1.82, 2.24) is 9.80 Å². The molecule has 0 aromatic heterocycles. The fraction of sp³-hybridized carbons (Fsp3) is 0.579. The van der Waals surface area contributed by atoms with E-state index in [2.05, 4.69) is 0 Å². The molecule has 136 valence electrons. The van der Waals surface area contributed by atoms with Gasteiger partial charge in [0, 0.05) is 45.8 Å². The second-order valence-corrected chi connectivity index (χ2v) is 6.84. The molecule has 2 amide bonds. The first kappa shape index (κ1) is 17.7. The fourth-order valence-electron chi connectivity index (χ4n) is 3.68. The molecule has 3 rings (SSSR count). The Morgan fingerprint density at radius 3 is 2.84 bits per heavy atom. The molecule has 2 aliphatic heterocycles. The van der Waals surface area contributed by atoms with Crippen LogP contribution in [-0.2, 0) is 20.9 Å². The first-order valence-electron chi connectivity index (χ1n) is 8.83. The molecule has 2 aliphatic rings. The number of hydrogen-bond donors (Lipinski definition) is 0. The van der Waals surface area contributed by atoms with Crippen molar-refractivity contribution in [3.05, 3.63) is 29.8 Å². The summed E-state index contributed by atoms with van der Waals surface area (Å²) < 4.78 is 10.6. The van der Waals surface area contributed by atoms with Gasteiger partial charge in [-0.3, -0.25) is 9.59 Å². The van der Waals surface area contributed by atoms with Crippen LogP contribution >= 0.6 is 0 Å². The van der Waals surface area contributed by atoms with Gasteiger partial charge in [-0.1, -0.05) is 12.1 Å². The average molecular weight is 346 g/mol. The summed E-state index contributed by atoms with van der Waals surface area (Å²) in [7, 11) is 3.42. The molecule has 1 aromatic carbocycles. The maximum Gasteiger partial charge on any atom is 0.228 e. The van der Waals surface area contributed by atoms with Crippen LogP contribution in [0.4, 0.5) is 0 Å². The third-order valence-corrected chi connectivity index (χ3v) is 5.07. The van der Waals surface area contributed by atoms with Crippen LogP contribution in [0.2, 0.25) is 0 Å². The van der Waals surface area contributed by atoms with E-state index in [1.807, 2.05) is 29.2 Å². The van der Waals surface area contributed by atoms with E-state index in [9.17, 15) is 9.59 Å². The predicted molar refractivity (Wildman–Crippen MR) is 93.1 cm³/mol. The number of amides is 2. The first-order valence-corrected chi connectivity index (χ1v) is 8.83. The van der Waals surface area contributed by atoms with Crippen LogP contribution < -0.4 is 4.74 Å². The number of carbonyl (C=O) groups excluding carboxylic acids is 2. The highest BCUT2D eigenvalue weighted by Gasteiger charge is 2.39. The van der Waals surface area contributed by atoms with E-state index >= 15 is 0 Å². The standard InChI is InChI=1S/C19H26N2O4/c1-20(12-14-4-3-5-17(10-14)24-2)19(23)15-11-18(22)21(13-15)16-6-8-25-9-7-16/h3-5,10,15-16H,6-9,11-13H2,1-2H3. The van der Waals surface area contributed by atoms with Crippen LogP contribution in [0.1, 0.15) is 24.8 Å². The van der Waals surface area contributed by atoms with Crippen molar-refractivity contribution in [2.45, 2.75) is 31.8 Å². The molecular weight excluding hydrogens is 320 g/mol. The molecule has 2 heterocycles. The first-order chi connectivity index (χ1) is 12.1. The summed E-state index contributed by atoms with van der Waals surface area (Å²) in [5.74, 6) is 0.664. The Kier molecular flexibility index (Phi) is 5.58. The Labute approximate surface area is 148 Å². The van der Waals surface area contributed by atoms with E-state index in [-0.39, 0.29) is 23.8 Å². The predicted octanol–water partition coefficient (Wildman–Crippen LogP) is 1.68. The van der Waals surface area contributed by atoms with Crippen LogP contribution in [0.15, 0.2) is 24.3 Å². The van der Waals surface area contributed by atoms with Crippen LogP contribution in [0, 0.1) is 5.92 Å². The lowest BCUT2D eigenvalue weighted by molar-refractivity contribution is -0.135. The smallest absolute Gasteiger partial charge is 0.228 e. The van der Waals surface area contributed by atoms with Gasteiger partial charge in [-0.25, -0.2) is 0 Å². The molecule has 2 fully saturated rings. The molecule has 0 saturated carbocycles. The van der Waals surface area contributed by atoms with Crippen LogP contribution in [0.3, 0.4) is 0 Å². The maximum absolute atomic E-state index is 12.8.